The summed E-state index contributed by atoms with van der Waals surface area (Å²) < 4.78 is 11.5. The summed E-state index contributed by atoms with van der Waals surface area (Å²) in [5.74, 6) is 0.668. The number of halogens is 2. The van der Waals surface area contributed by atoms with E-state index in [0.717, 1.165) is 4.73 Å². The first-order valence-electron chi connectivity index (χ1n) is 9.97. The van der Waals surface area contributed by atoms with Crippen LogP contribution in [0.5, 0.6) is 5.75 Å². The van der Waals surface area contributed by atoms with E-state index in [4.69, 9.17) is 32.7 Å². The Balaban J connectivity index is 1.96. The van der Waals surface area contributed by atoms with Gasteiger partial charge in [-0.15, -0.1) is 0 Å². The molecule has 0 aliphatic heterocycles. The van der Waals surface area contributed by atoms with Crippen LogP contribution in [0.2, 0.25) is 10.0 Å². The summed E-state index contributed by atoms with van der Waals surface area (Å²) >= 11 is 14.3. The lowest BCUT2D eigenvalue weighted by Crippen LogP contribution is -2.01. The van der Waals surface area contributed by atoms with Crippen molar-refractivity contribution in [1.82, 2.24) is 19.7 Å². The predicted molar refractivity (Wildman–Crippen MR) is 132 cm³/mol. The molecule has 2 aromatic carbocycles. The summed E-state index contributed by atoms with van der Waals surface area (Å²) in [6.45, 7) is -0.151. The normalized spacial score (nSPS) is 11.1. The molecule has 0 fully saturated rings. The van der Waals surface area contributed by atoms with Crippen LogP contribution >= 0.6 is 35.0 Å². The summed E-state index contributed by atoms with van der Waals surface area (Å²) in [7, 11) is 1.53. The van der Waals surface area contributed by atoms with Crippen LogP contribution in [-0.4, -0.2) is 50.2 Å². The van der Waals surface area contributed by atoms with Crippen molar-refractivity contribution in [3.63, 3.8) is 0 Å². The maximum absolute atomic E-state index is 11.3. The fraction of sp³-hybridized carbons (Fsp3) is 0.174. The third-order valence-corrected chi connectivity index (χ3v) is 6.03. The van der Waals surface area contributed by atoms with E-state index in [0.29, 0.717) is 44.7 Å². The van der Waals surface area contributed by atoms with Crippen molar-refractivity contribution in [1.29, 1.82) is 0 Å². The summed E-state index contributed by atoms with van der Waals surface area (Å²) in [5.41, 5.74) is 2.75. The SMILES string of the molecule is COCOc1cccc(-c2c(-c3ccnc(SC)n3)nc(-c3c(Cl)cc(CO)cc3Cl)n2O)c1. The van der Waals surface area contributed by atoms with Crippen LogP contribution in [0.15, 0.2) is 53.8 Å². The molecule has 176 valence electrons. The maximum Gasteiger partial charge on any atom is 0.188 e. The van der Waals surface area contributed by atoms with Gasteiger partial charge in [-0.25, -0.2) is 15.0 Å². The lowest BCUT2D eigenvalue weighted by atomic mass is 10.1. The van der Waals surface area contributed by atoms with Crippen molar-refractivity contribution < 1.29 is 19.8 Å². The van der Waals surface area contributed by atoms with E-state index in [1.807, 2.05) is 12.3 Å². The molecular weight excluding hydrogens is 499 g/mol. The van der Waals surface area contributed by atoms with Gasteiger partial charge < -0.3 is 19.8 Å². The Morgan fingerprint density at radius 3 is 2.53 bits per heavy atom. The molecule has 0 saturated heterocycles. The Kier molecular flexibility index (Phi) is 7.60. The Labute approximate surface area is 210 Å². The highest BCUT2D eigenvalue weighted by atomic mass is 35.5. The van der Waals surface area contributed by atoms with Gasteiger partial charge in [-0.2, -0.15) is 4.73 Å². The molecule has 4 aromatic rings. The molecular formula is C23H20Cl2N4O4S. The molecule has 11 heteroatoms. The molecule has 0 atom stereocenters. The number of ether oxygens (including phenoxy) is 2. The number of nitrogens with zero attached hydrogens (tertiary/aromatic N) is 4. The monoisotopic (exact) mass is 518 g/mol. The molecule has 34 heavy (non-hydrogen) atoms. The van der Waals surface area contributed by atoms with Crippen molar-refractivity contribution in [2.24, 2.45) is 0 Å². The van der Waals surface area contributed by atoms with E-state index in [1.54, 1.807) is 42.6 Å². The minimum atomic E-state index is -0.226. The minimum Gasteiger partial charge on any atom is -0.468 e. The van der Waals surface area contributed by atoms with Gasteiger partial charge in [0.15, 0.2) is 17.8 Å². The average molecular weight is 519 g/mol. The van der Waals surface area contributed by atoms with Crippen LogP contribution in [0.1, 0.15) is 5.56 Å². The first kappa shape index (κ1) is 24.3. The van der Waals surface area contributed by atoms with Gasteiger partial charge >= 0.3 is 0 Å². The molecule has 0 amide bonds. The fourth-order valence-corrected chi connectivity index (χ4v) is 4.43. The van der Waals surface area contributed by atoms with Crippen molar-refractivity contribution in [2.75, 3.05) is 20.2 Å². The summed E-state index contributed by atoms with van der Waals surface area (Å²) in [6, 6.07) is 12.0. The summed E-state index contributed by atoms with van der Waals surface area (Å²) in [4.78, 5) is 13.5. The van der Waals surface area contributed by atoms with Crippen molar-refractivity contribution in [3.8, 4) is 39.8 Å². The second kappa shape index (κ2) is 10.6. The highest BCUT2D eigenvalue weighted by Crippen LogP contribution is 2.41. The highest BCUT2D eigenvalue weighted by Gasteiger charge is 2.25. The van der Waals surface area contributed by atoms with Gasteiger partial charge in [-0.1, -0.05) is 47.1 Å². The average Bonchev–Trinajstić information content (AvgIpc) is 3.19. The van der Waals surface area contributed by atoms with Crippen LogP contribution in [0.3, 0.4) is 0 Å². The Hall–Kier alpha value is -2.82. The van der Waals surface area contributed by atoms with Crippen LogP contribution in [-0.2, 0) is 11.3 Å². The first-order chi connectivity index (χ1) is 16.5. The van der Waals surface area contributed by atoms with E-state index in [2.05, 4.69) is 15.0 Å². The quantitative estimate of drug-likeness (QED) is 0.138. The Morgan fingerprint density at radius 2 is 1.85 bits per heavy atom. The minimum absolute atomic E-state index is 0.0748. The first-order valence-corrected chi connectivity index (χ1v) is 12.0. The number of thioether (sulfide) groups is 1. The van der Waals surface area contributed by atoms with Crippen LogP contribution in [0.25, 0.3) is 34.0 Å². The predicted octanol–water partition coefficient (Wildman–Crippen LogP) is 5.42. The topological polar surface area (TPSA) is 103 Å². The fourth-order valence-electron chi connectivity index (χ4n) is 3.37. The molecule has 0 unspecified atom stereocenters. The highest BCUT2D eigenvalue weighted by molar-refractivity contribution is 7.98. The lowest BCUT2D eigenvalue weighted by molar-refractivity contribution is 0.0511. The number of benzene rings is 2. The molecule has 0 aliphatic carbocycles. The largest absolute Gasteiger partial charge is 0.468 e. The van der Waals surface area contributed by atoms with Gasteiger partial charge in [0.1, 0.15) is 17.1 Å². The molecule has 0 saturated carbocycles. The number of hydrogen-bond acceptors (Lipinski definition) is 8. The number of imidazole rings is 1. The number of aliphatic hydroxyl groups is 1. The van der Waals surface area contributed by atoms with Gasteiger partial charge in [0.05, 0.1) is 27.9 Å². The smallest absolute Gasteiger partial charge is 0.188 e. The van der Waals surface area contributed by atoms with E-state index >= 15 is 0 Å². The lowest BCUT2D eigenvalue weighted by Gasteiger charge is -2.11. The van der Waals surface area contributed by atoms with Crippen molar-refractivity contribution in [2.45, 2.75) is 11.8 Å². The standard InChI is InChI=1S/C23H20Cl2N4O4S/c1-32-12-33-15-5-3-4-14(10-15)21-20(18-6-7-26-23(27-18)34-2)28-22(29(21)31)19-16(24)8-13(11-30)9-17(19)25/h3-10,30-31H,11-12H2,1-2H3. The number of aliphatic hydroxyl groups excluding tert-OH is 1. The molecule has 0 bridgehead atoms. The van der Waals surface area contributed by atoms with E-state index in [-0.39, 0.29) is 29.3 Å². The molecule has 2 aromatic heterocycles. The van der Waals surface area contributed by atoms with Gasteiger partial charge in [0.25, 0.3) is 0 Å². The third kappa shape index (κ3) is 4.84. The number of methoxy groups -OCH3 is 1. The zero-order valence-electron chi connectivity index (χ0n) is 18.2. The van der Waals surface area contributed by atoms with Crippen molar-refractivity contribution in [3.05, 3.63) is 64.3 Å². The third-order valence-electron chi connectivity index (χ3n) is 4.87. The van der Waals surface area contributed by atoms with Crippen LogP contribution < -0.4 is 4.74 Å². The van der Waals surface area contributed by atoms with E-state index < -0.39 is 0 Å². The number of rotatable bonds is 8. The van der Waals surface area contributed by atoms with Gasteiger partial charge in [-0.3, -0.25) is 0 Å². The summed E-state index contributed by atoms with van der Waals surface area (Å²) in [5, 5.41) is 21.8. The molecule has 0 spiro atoms. The van der Waals surface area contributed by atoms with Crippen molar-refractivity contribution >= 4 is 35.0 Å². The molecule has 0 aliphatic rings. The number of hydrogen-bond donors (Lipinski definition) is 2. The second-order valence-electron chi connectivity index (χ2n) is 7.04. The Morgan fingerprint density at radius 1 is 1.09 bits per heavy atom. The molecule has 8 nitrogen and oxygen atoms in total. The second-order valence-corrected chi connectivity index (χ2v) is 8.63. The van der Waals surface area contributed by atoms with Crippen LogP contribution in [0.4, 0.5) is 0 Å². The zero-order chi connectivity index (χ0) is 24.2. The maximum atomic E-state index is 11.3. The van der Waals surface area contributed by atoms with Gasteiger partial charge in [0, 0.05) is 18.9 Å². The van der Waals surface area contributed by atoms with Gasteiger partial charge in [-0.05, 0) is 42.2 Å². The van der Waals surface area contributed by atoms with Gasteiger partial charge in [0.2, 0.25) is 0 Å². The molecule has 4 rings (SSSR count). The molecule has 2 N–H and O–H groups in total. The summed E-state index contributed by atoms with van der Waals surface area (Å²) in [6.07, 6.45) is 3.50. The van der Waals surface area contributed by atoms with Crippen LogP contribution in [0, 0.1) is 0 Å². The van der Waals surface area contributed by atoms with E-state index in [1.165, 1.54) is 18.9 Å². The molecule has 2 heterocycles. The molecule has 0 radical (unpaired) electrons. The van der Waals surface area contributed by atoms with E-state index in [9.17, 15) is 10.3 Å². The Bertz CT molecular complexity index is 1310. The number of aromatic nitrogens is 4. The zero-order valence-corrected chi connectivity index (χ0v) is 20.5.